The summed E-state index contributed by atoms with van der Waals surface area (Å²) in [6.45, 7) is 5.81. The van der Waals surface area contributed by atoms with E-state index in [1.165, 1.54) is 11.8 Å². The Morgan fingerprint density at radius 3 is 2.70 bits per heavy atom. The van der Waals surface area contributed by atoms with Crippen LogP contribution in [0.3, 0.4) is 0 Å². The van der Waals surface area contributed by atoms with Crippen molar-refractivity contribution >= 4 is 23.8 Å². The van der Waals surface area contributed by atoms with Gasteiger partial charge in [-0.15, -0.1) is 10.2 Å². The van der Waals surface area contributed by atoms with E-state index in [0.29, 0.717) is 23.4 Å². The molecule has 2 N–H and O–H groups in total. The minimum Gasteiger partial charge on any atom is -0.463 e. The third-order valence-electron chi connectivity index (χ3n) is 3.55. The molecule has 0 unspecified atom stereocenters. The monoisotopic (exact) mass is 339 g/mol. The fraction of sp³-hybridized carbons (Fsp3) is 0.571. The lowest BCUT2D eigenvalue weighted by atomic mass is 10.0. The molecular formula is C14H21N5O3S. The standard InChI is InChI=1S/C14H21N5O3S/c1-5-9-11(12(20)22-6-2)10(16-13(21)15-9)7-23-14-18-17-8(3)19(14)4/h9H,5-7H2,1-4H3,(H2,15,16,21)/t9-/m0/s1. The SMILES string of the molecule is CCOC(=O)C1=C(CSc2nnc(C)n2C)NC(=O)N[C@H]1CC. The third kappa shape index (κ3) is 3.84. The number of urea groups is 1. The first-order valence-corrected chi connectivity index (χ1v) is 8.42. The van der Waals surface area contributed by atoms with Crippen LogP contribution in [0.1, 0.15) is 26.1 Å². The van der Waals surface area contributed by atoms with Gasteiger partial charge < -0.3 is 19.9 Å². The maximum atomic E-state index is 12.3. The van der Waals surface area contributed by atoms with Crippen LogP contribution >= 0.6 is 11.8 Å². The highest BCUT2D eigenvalue weighted by Crippen LogP contribution is 2.23. The molecule has 0 fully saturated rings. The fourth-order valence-electron chi connectivity index (χ4n) is 2.23. The number of esters is 1. The number of rotatable bonds is 6. The van der Waals surface area contributed by atoms with Crippen LogP contribution in [-0.2, 0) is 16.6 Å². The summed E-state index contributed by atoms with van der Waals surface area (Å²) < 4.78 is 6.98. The fourth-order valence-corrected chi connectivity index (χ4v) is 3.15. The van der Waals surface area contributed by atoms with E-state index in [0.717, 1.165) is 11.0 Å². The molecule has 0 spiro atoms. The molecule has 1 aliphatic rings. The second kappa shape index (κ2) is 7.49. The van der Waals surface area contributed by atoms with Gasteiger partial charge in [-0.2, -0.15) is 0 Å². The van der Waals surface area contributed by atoms with E-state index in [-0.39, 0.29) is 18.7 Å². The van der Waals surface area contributed by atoms with Crippen molar-refractivity contribution in [3.63, 3.8) is 0 Å². The van der Waals surface area contributed by atoms with Gasteiger partial charge in [0.05, 0.1) is 18.2 Å². The molecule has 0 aromatic carbocycles. The molecular weight excluding hydrogens is 318 g/mol. The van der Waals surface area contributed by atoms with E-state index >= 15 is 0 Å². The molecule has 0 radical (unpaired) electrons. The molecule has 8 nitrogen and oxygen atoms in total. The van der Waals surface area contributed by atoms with Crippen molar-refractivity contribution in [2.75, 3.05) is 12.4 Å². The lowest BCUT2D eigenvalue weighted by Gasteiger charge is -2.28. The van der Waals surface area contributed by atoms with Crippen LogP contribution in [0.25, 0.3) is 0 Å². The number of thioether (sulfide) groups is 1. The summed E-state index contributed by atoms with van der Waals surface area (Å²) in [5.41, 5.74) is 1.03. The molecule has 0 aliphatic carbocycles. The molecule has 2 amide bonds. The van der Waals surface area contributed by atoms with Crippen molar-refractivity contribution in [2.24, 2.45) is 7.05 Å². The number of carbonyl (C=O) groups is 2. The van der Waals surface area contributed by atoms with Crippen LogP contribution in [0.2, 0.25) is 0 Å². The predicted octanol–water partition coefficient (Wildman–Crippen LogP) is 1.12. The van der Waals surface area contributed by atoms with Crippen molar-refractivity contribution in [3.8, 4) is 0 Å². The van der Waals surface area contributed by atoms with Crippen LogP contribution in [0, 0.1) is 6.92 Å². The number of nitrogens with zero attached hydrogens (tertiary/aromatic N) is 3. The first kappa shape index (κ1) is 17.3. The van der Waals surface area contributed by atoms with E-state index in [1.54, 1.807) is 6.92 Å². The quantitative estimate of drug-likeness (QED) is 0.595. The Morgan fingerprint density at radius 1 is 1.39 bits per heavy atom. The highest BCUT2D eigenvalue weighted by Gasteiger charge is 2.31. The Balaban J connectivity index is 2.26. The van der Waals surface area contributed by atoms with E-state index in [1.807, 2.05) is 25.5 Å². The van der Waals surface area contributed by atoms with Gasteiger partial charge in [0.2, 0.25) is 0 Å². The topological polar surface area (TPSA) is 98.1 Å². The molecule has 0 bridgehead atoms. The van der Waals surface area contributed by atoms with Crippen molar-refractivity contribution in [2.45, 2.75) is 38.4 Å². The number of aryl methyl sites for hydroxylation is 1. The summed E-state index contributed by atoms with van der Waals surface area (Å²) in [4.78, 5) is 24.1. The van der Waals surface area contributed by atoms with Gasteiger partial charge in [0.25, 0.3) is 0 Å². The summed E-state index contributed by atoms with van der Waals surface area (Å²) in [5, 5.41) is 14.3. The first-order chi connectivity index (χ1) is 11.0. The van der Waals surface area contributed by atoms with Crippen LogP contribution in [0.4, 0.5) is 4.79 Å². The van der Waals surface area contributed by atoms with Crippen LogP contribution in [-0.4, -0.2) is 45.2 Å². The average molecular weight is 339 g/mol. The van der Waals surface area contributed by atoms with Gasteiger partial charge in [-0.05, 0) is 20.3 Å². The molecule has 1 aliphatic heterocycles. The summed E-state index contributed by atoms with van der Waals surface area (Å²) >= 11 is 1.41. The molecule has 1 aromatic heterocycles. The maximum Gasteiger partial charge on any atom is 0.337 e. The summed E-state index contributed by atoms with van der Waals surface area (Å²) in [6, 6.07) is -0.658. The number of hydrogen-bond donors (Lipinski definition) is 2. The second-order valence-corrected chi connectivity index (χ2v) is 5.99. The summed E-state index contributed by atoms with van der Waals surface area (Å²) in [6.07, 6.45) is 0.610. The molecule has 2 rings (SSSR count). The molecule has 126 valence electrons. The summed E-state index contributed by atoms with van der Waals surface area (Å²) in [7, 11) is 1.87. The number of aromatic nitrogens is 3. The van der Waals surface area contributed by atoms with Gasteiger partial charge >= 0.3 is 12.0 Å². The van der Waals surface area contributed by atoms with Gasteiger partial charge in [-0.25, -0.2) is 9.59 Å². The lowest BCUT2D eigenvalue weighted by Crippen LogP contribution is -2.50. The minimum absolute atomic E-state index is 0.287. The Hall–Kier alpha value is -2.03. The Kier molecular flexibility index (Phi) is 5.64. The Bertz CT molecular complexity index is 640. The highest BCUT2D eigenvalue weighted by molar-refractivity contribution is 7.99. The molecule has 9 heteroatoms. The second-order valence-electron chi connectivity index (χ2n) is 5.05. The van der Waals surface area contributed by atoms with Crippen LogP contribution in [0.15, 0.2) is 16.4 Å². The number of carbonyl (C=O) groups excluding carboxylic acids is 2. The van der Waals surface area contributed by atoms with E-state index < -0.39 is 5.97 Å². The first-order valence-electron chi connectivity index (χ1n) is 7.44. The average Bonchev–Trinajstić information content (AvgIpc) is 2.84. The number of hydrogen-bond acceptors (Lipinski definition) is 6. The highest BCUT2D eigenvalue weighted by atomic mass is 32.2. The van der Waals surface area contributed by atoms with Crippen molar-refractivity contribution in [3.05, 3.63) is 17.1 Å². The van der Waals surface area contributed by atoms with E-state index in [4.69, 9.17) is 4.74 Å². The van der Waals surface area contributed by atoms with Gasteiger partial charge in [-0.1, -0.05) is 18.7 Å². The van der Waals surface area contributed by atoms with Crippen molar-refractivity contribution in [1.29, 1.82) is 0 Å². The predicted molar refractivity (Wildman–Crippen MR) is 85.9 cm³/mol. The van der Waals surface area contributed by atoms with Crippen molar-refractivity contribution < 1.29 is 14.3 Å². The van der Waals surface area contributed by atoms with Crippen molar-refractivity contribution in [1.82, 2.24) is 25.4 Å². The van der Waals surface area contributed by atoms with Gasteiger partial charge in [0.15, 0.2) is 5.16 Å². The zero-order valence-corrected chi connectivity index (χ0v) is 14.5. The van der Waals surface area contributed by atoms with E-state index in [2.05, 4.69) is 20.8 Å². The molecule has 0 saturated carbocycles. The molecule has 1 atom stereocenters. The maximum absolute atomic E-state index is 12.3. The number of amides is 2. The Labute approximate surface area is 139 Å². The molecule has 23 heavy (non-hydrogen) atoms. The molecule has 0 saturated heterocycles. The third-order valence-corrected chi connectivity index (χ3v) is 4.59. The summed E-state index contributed by atoms with van der Waals surface area (Å²) in [5.74, 6) is 0.800. The molecule has 2 heterocycles. The number of ether oxygens (including phenoxy) is 1. The number of nitrogens with one attached hydrogen (secondary N) is 2. The smallest absolute Gasteiger partial charge is 0.337 e. The van der Waals surface area contributed by atoms with Crippen LogP contribution < -0.4 is 10.6 Å². The van der Waals surface area contributed by atoms with Gasteiger partial charge in [-0.3, -0.25) is 0 Å². The normalized spacial score (nSPS) is 17.7. The zero-order valence-electron chi connectivity index (χ0n) is 13.7. The zero-order chi connectivity index (χ0) is 17.0. The van der Waals surface area contributed by atoms with Gasteiger partial charge in [0.1, 0.15) is 5.82 Å². The Morgan fingerprint density at radius 2 is 2.13 bits per heavy atom. The molecule has 1 aromatic rings. The lowest BCUT2D eigenvalue weighted by molar-refractivity contribution is -0.139. The minimum atomic E-state index is -0.406. The van der Waals surface area contributed by atoms with Gasteiger partial charge in [0, 0.05) is 18.5 Å². The largest absolute Gasteiger partial charge is 0.463 e. The van der Waals surface area contributed by atoms with E-state index in [9.17, 15) is 9.59 Å². The van der Waals surface area contributed by atoms with Crippen LogP contribution in [0.5, 0.6) is 0 Å².